The van der Waals surface area contributed by atoms with Crippen molar-refractivity contribution in [3.8, 4) is 0 Å². The van der Waals surface area contributed by atoms with Gasteiger partial charge in [0.1, 0.15) is 0 Å². The quantitative estimate of drug-likeness (QED) is 0.735. The molecule has 6 nitrogen and oxygen atoms in total. The monoisotopic (exact) mass is 286 g/mol. The van der Waals surface area contributed by atoms with Crippen LogP contribution in [-0.2, 0) is 0 Å². The lowest BCUT2D eigenvalue weighted by Gasteiger charge is -2.17. The average Bonchev–Trinajstić information content (AvgIpc) is 2.38. The first-order valence-corrected chi connectivity index (χ1v) is 6.99. The number of anilines is 2. The van der Waals surface area contributed by atoms with Gasteiger partial charge in [-0.3, -0.25) is 0 Å². The predicted molar refractivity (Wildman–Crippen MR) is 80.1 cm³/mol. The Hall–Kier alpha value is -1.14. The highest BCUT2D eigenvalue weighted by Gasteiger charge is 2.06. The Labute approximate surface area is 120 Å². The highest BCUT2D eigenvalue weighted by atomic mass is 35.5. The molecule has 1 rings (SSSR count). The molecule has 0 amide bonds. The van der Waals surface area contributed by atoms with Crippen molar-refractivity contribution in [1.82, 2.24) is 19.9 Å². The third-order valence-electron chi connectivity index (χ3n) is 2.82. The van der Waals surface area contributed by atoms with Crippen molar-refractivity contribution in [1.29, 1.82) is 0 Å². The fraction of sp³-hybridized carbons (Fsp3) is 0.750. The molecular weight excluding hydrogens is 264 g/mol. The average molecular weight is 287 g/mol. The Balaban J connectivity index is 2.45. The van der Waals surface area contributed by atoms with Crippen molar-refractivity contribution in [2.75, 3.05) is 50.5 Å². The zero-order valence-electron chi connectivity index (χ0n) is 12.1. The van der Waals surface area contributed by atoms with Crippen LogP contribution in [0.2, 0.25) is 5.28 Å². The maximum atomic E-state index is 5.87. The van der Waals surface area contributed by atoms with E-state index >= 15 is 0 Å². The maximum Gasteiger partial charge on any atom is 0.230 e. The van der Waals surface area contributed by atoms with Crippen molar-refractivity contribution < 1.29 is 0 Å². The minimum Gasteiger partial charge on any atom is -0.354 e. The standard InChI is InChI=1S/C12H23ClN6/c1-5-19(6-2)9-7-8-14-11-15-10(13)16-12(17-11)18(3)4/h5-9H2,1-4H3,(H,14,15,16,17). The van der Waals surface area contributed by atoms with Gasteiger partial charge < -0.3 is 15.1 Å². The number of aromatic nitrogens is 3. The van der Waals surface area contributed by atoms with E-state index < -0.39 is 0 Å². The molecule has 7 heteroatoms. The normalized spacial score (nSPS) is 10.8. The van der Waals surface area contributed by atoms with Gasteiger partial charge in [-0.15, -0.1) is 0 Å². The van der Waals surface area contributed by atoms with Crippen LogP contribution in [0.1, 0.15) is 20.3 Å². The van der Waals surface area contributed by atoms with E-state index in [1.807, 2.05) is 14.1 Å². The minimum absolute atomic E-state index is 0.213. The van der Waals surface area contributed by atoms with Crippen LogP contribution in [0.25, 0.3) is 0 Å². The van der Waals surface area contributed by atoms with Gasteiger partial charge in [-0.2, -0.15) is 15.0 Å². The molecule has 0 bridgehead atoms. The second kappa shape index (κ2) is 8.12. The fourth-order valence-electron chi connectivity index (χ4n) is 1.66. The van der Waals surface area contributed by atoms with Crippen molar-refractivity contribution in [2.45, 2.75) is 20.3 Å². The molecule has 108 valence electrons. The molecule has 0 aliphatic carbocycles. The molecule has 1 N–H and O–H groups in total. The SMILES string of the molecule is CCN(CC)CCCNc1nc(Cl)nc(N(C)C)n1. The number of hydrogen-bond donors (Lipinski definition) is 1. The highest BCUT2D eigenvalue weighted by molar-refractivity contribution is 6.28. The number of nitrogens with zero attached hydrogens (tertiary/aromatic N) is 5. The van der Waals surface area contributed by atoms with Crippen LogP contribution in [0.3, 0.4) is 0 Å². The molecule has 0 atom stereocenters. The summed E-state index contributed by atoms with van der Waals surface area (Å²) in [5.74, 6) is 1.09. The highest BCUT2D eigenvalue weighted by Crippen LogP contribution is 2.11. The summed E-state index contributed by atoms with van der Waals surface area (Å²) in [6.45, 7) is 8.40. The summed E-state index contributed by atoms with van der Waals surface area (Å²) in [6.07, 6.45) is 1.04. The first kappa shape index (κ1) is 15.9. The molecule has 0 fully saturated rings. The summed E-state index contributed by atoms with van der Waals surface area (Å²) < 4.78 is 0. The van der Waals surface area contributed by atoms with Gasteiger partial charge in [-0.25, -0.2) is 0 Å². The van der Waals surface area contributed by atoms with Crippen LogP contribution in [0.4, 0.5) is 11.9 Å². The van der Waals surface area contributed by atoms with Crippen LogP contribution < -0.4 is 10.2 Å². The van der Waals surface area contributed by atoms with Crippen LogP contribution >= 0.6 is 11.6 Å². The Morgan fingerprint density at radius 2 is 1.79 bits per heavy atom. The van der Waals surface area contributed by atoms with Gasteiger partial charge in [0, 0.05) is 20.6 Å². The van der Waals surface area contributed by atoms with Crippen molar-refractivity contribution in [3.05, 3.63) is 5.28 Å². The van der Waals surface area contributed by atoms with E-state index in [0.29, 0.717) is 11.9 Å². The van der Waals surface area contributed by atoms with E-state index in [9.17, 15) is 0 Å². The van der Waals surface area contributed by atoms with Gasteiger partial charge in [0.05, 0.1) is 0 Å². The molecule has 1 aromatic rings. The Morgan fingerprint density at radius 1 is 1.11 bits per heavy atom. The zero-order valence-corrected chi connectivity index (χ0v) is 12.9. The first-order chi connectivity index (χ1) is 9.06. The Morgan fingerprint density at radius 3 is 2.37 bits per heavy atom. The van der Waals surface area contributed by atoms with Gasteiger partial charge in [0.15, 0.2) is 0 Å². The van der Waals surface area contributed by atoms with Crippen molar-refractivity contribution in [3.63, 3.8) is 0 Å². The van der Waals surface area contributed by atoms with Crippen LogP contribution in [0.15, 0.2) is 0 Å². The fourth-order valence-corrected chi connectivity index (χ4v) is 1.82. The number of rotatable bonds is 8. The summed E-state index contributed by atoms with van der Waals surface area (Å²) in [5, 5.41) is 3.40. The molecule has 1 aromatic heterocycles. The van der Waals surface area contributed by atoms with E-state index in [0.717, 1.165) is 32.6 Å². The van der Waals surface area contributed by atoms with E-state index in [2.05, 4.69) is 39.0 Å². The molecule has 19 heavy (non-hydrogen) atoms. The molecule has 0 aromatic carbocycles. The van der Waals surface area contributed by atoms with Gasteiger partial charge in [0.2, 0.25) is 17.2 Å². The van der Waals surface area contributed by atoms with Crippen LogP contribution in [0, 0.1) is 0 Å². The molecular formula is C12H23ClN6. The number of nitrogens with one attached hydrogen (secondary N) is 1. The lowest BCUT2D eigenvalue weighted by molar-refractivity contribution is 0.303. The molecule has 0 aliphatic rings. The maximum absolute atomic E-state index is 5.87. The number of hydrogen-bond acceptors (Lipinski definition) is 6. The topological polar surface area (TPSA) is 57.2 Å². The van der Waals surface area contributed by atoms with Crippen molar-refractivity contribution >= 4 is 23.5 Å². The summed E-state index contributed by atoms with van der Waals surface area (Å²) >= 11 is 5.87. The third kappa shape index (κ3) is 5.57. The third-order valence-corrected chi connectivity index (χ3v) is 2.99. The second-order valence-corrected chi connectivity index (χ2v) is 4.77. The van der Waals surface area contributed by atoms with Crippen LogP contribution in [-0.4, -0.2) is 60.1 Å². The van der Waals surface area contributed by atoms with Gasteiger partial charge in [0.25, 0.3) is 0 Å². The lowest BCUT2D eigenvalue weighted by Crippen LogP contribution is -2.25. The number of halogens is 1. The van der Waals surface area contributed by atoms with Crippen LogP contribution in [0.5, 0.6) is 0 Å². The lowest BCUT2D eigenvalue weighted by atomic mass is 10.3. The van der Waals surface area contributed by atoms with E-state index in [1.54, 1.807) is 4.90 Å². The summed E-state index contributed by atoms with van der Waals surface area (Å²) in [6, 6.07) is 0. The molecule has 0 radical (unpaired) electrons. The van der Waals surface area contributed by atoms with E-state index in [1.165, 1.54) is 0 Å². The Kier molecular flexibility index (Phi) is 6.80. The zero-order chi connectivity index (χ0) is 14.3. The van der Waals surface area contributed by atoms with Gasteiger partial charge in [-0.05, 0) is 37.7 Å². The summed E-state index contributed by atoms with van der Waals surface area (Å²) in [7, 11) is 3.74. The molecule has 1 heterocycles. The van der Waals surface area contributed by atoms with E-state index in [-0.39, 0.29) is 5.28 Å². The Bertz CT molecular complexity index is 380. The van der Waals surface area contributed by atoms with Crippen molar-refractivity contribution in [2.24, 2.45) is 0 Å². The smallest absolute Gasteiger partial charge is 0.230 e. The molecule has 0 saturated heterocycles. The molecule has 0 spiro atoms. The summed E-state index contributed by atoms with van der Waals surface area (Å²) in [5.41, 5.74) is 0. The van der Waals surface area contributed by atoms with Gasteiger partial charge >= 0.3 is 0 Å². The molecule has 0 saturated carbocycles. The minimum atomic E-state index is 0.213. The van der Waals surface area contributed by atoms with E-state index in [4.69, 9.17) is 11.6 Å². The predicted octanol–water partition coefficient (Wildman–Crippen LogP) is 1.73. The molecule has 0 aliphatic heterocycles. The second-order valence-electron chi connectivity index (χ2n) is 4.43. The van der Waals surface area contributed by atoms with Gasteiger partial charge in [-0.1, -0.05) is 13.8 Å². The largest absolute Gasteiger partial charge is 0.354 e. The molecule has 0 unspecified atom stereocenters. The first-order valence-electron chi connectivity index (χ1n) is 6.62. The summed E-state index contributed by atoms with van der Waals surface area (Å²) in [4.78, 5) is 16.6.